The van der Waals surface area contributed by atoms with Crippen LogP contribution in [0.5, 0.6) is 0 Å². The molecule has 3 atom stereocenters. The highest BCUT2D eigenvalue weighted by Crippen LogP contribution is 2.35. The Hall–Kier alpha value is -0.900. The van der Waals surface area contributed by atoms with Crippen molar-refractivity contribution >= 4 is 0 Å². The topological polar surface area (TPSA) is 60.7 Å². The van der Waals surface area contributed by atoms with Crippen molar-refractivity contribution in [3.63, 3.8) is 0 Å². The molecule has 0 heterocycles. The van der Waals surface area contributed by atoms with E-state index in [1.807, 2.05) is 6.07 Å². The minimum Gasteiger partial charge on any atom is -0.390 e. The molecule has 0 fully saturated rings. The number of benzene rings is 1. The SMILES string of the molecule is O[C@@H]1C[C@@H](O)[C@@H](O)c2ccccc21. The van der Waals surface area contributed by atoms with Gasteiger partial charge in [0.25, 0.3) is 0 Å². The first-order valence-corrected chi connectivity index (χ1v) is 4.33. The van der Waals surface area contributed by atoms with Gasteiger partial charge in [-0.1, -0.05) is 24.3 Å². The lowest BCUT2D eigenvalue weighted by atomic mass is 9.85. The first kappa shape index (κ1) is 8.69. The second kappa shape index (κ2) is 3.10. The van der Waals surface area contributed by atoms with Crippen LogP contribution in [0.25, 0.3) is 0 Å². The molecular weight excluding hydrogens is 168 g/mol. The first-order chi connectivity index (χ1) is 6.20. The van der Waals surface area contributed by atoms with Crippen molar-refractivity contribution in [3.05, 3.63) is 35.4 Å². The van der Waals surface area contributed by atoms with Crippen LogP contribution in [0.3, 0.4) is 0 Å². The van der Waals surface area contributed by atoms with Gasteiger partial charge >= 0.3 is 0 Å². The third-order valence-corrected chi connectivity index (χ3v) is 2.50. The molecule has 1 aliphatic carbocycles. The van der Waals surface area contributed by atoms with Crippen molar-refractivity contribution in [1.82, 2.24) is 0 Å². The Labute approximate surface area is 76.3 Å². The molecule has 0 saturated heterocycles. The van der Waals surface area contributed by atoms with Gasteiger partial charge in [0.05, 0.1) is 12.2 Å². The van der Waals surface area contributed by atoms with Crippen LogP contribution in [0.15, 0.2) is 24.3 Å². The molecule has 0 aliphatic heterocycles. The summed E-state index contributed by atoms with van der Waals surface area (Å²) in [6.45, 7) is 0. The van der Waals surface area contributed by atoms with E-state index < -0.39 is 18.3 Å². The van der Waals surface area contributed by atoms with E-state index in [1.165, 1.54) is 0 Å². The van der Waals surface area contributed by atoms with Crippen molar-refractivity contribution in [2.45, 2.75) is 24.7 Å². The van der Waals surface area contributed by atoms with Gasteiger partial charge in [-0.05, 0) is 11.1 Å². The third kappa shape index (κ3) is 1.35. The molecule has 0 bridgehead atoms. The minimum atomic E-state index is -0.861. The van der Waals surface area contributed by atoms with Gasteiger partial charge in [-0.15, -0.1) is 0 Å². The molecule has 2 rings (SSSR count). The second-order valence-electron chi connectivity index (χ2n) is 3.39. The van der Waals surface area contributed by atoms with E-state index in [4.69, 9.17) is 0 Å². The van der Waals surface area contributed by atoms with Crippen LogP contribution in [0.4, 0.5) is 0 Å². The van der Waals surface area contributed by atoms with E-state index in [0.29, 0.717) is 5.56 Å². The summed E-state index contributed by atoms with van der Waals surface area (Å²) in [6, 6.07) is 7.10. The molecule has 1 aliphatic rings. The summed E-state index contributed by atoms with van der Waals surface area (Å²) in [5.41, 5.74) is 1.36. The number of aliphatic hydroxyl groups is 3. The summed E-state index contributed by atoms with van der Waals surface area (Å²) in [6.07, 6.45) is -2.17. The van der Waals surface area contributed by atoms with Crippen LogP contribution in [0.1, 0.15) is 29.8 Å². The fraction of sp³-hybridized carbons (Fsp3) is 0.400. The van der Waals surface area contributed by atoms with E-state index in [9.17, 15) is 15.3 Å². The van der Waals surface area contributed by atoms with E-state index in [1.54, 1.807) is 18.2 Å². The molecule has 3 heteroatoms. The lowest BCUT2D eigenvalue weighted by Gasteiger charge is -2.29. The van der Waals surface area contributed by atoms with Gasteiger partial charge in [0.15, 0.2) is 0 Å². The average Bonchev–Trinajstić information content (AvgIpc) is 2.15. The Morgan fingerprint density at radius 1 is 1.00 bits per heavy atom. The fourth-order valence-corrected chi connectivity index (χ4v) is 1.78. The van der Waals surface area contributed by atoms with E-state index in [-0.39, 0.29) is 6.42 Å². The van der Waals surface area contributed by atoms with Crippen LogP contribution >= 0.6 is 0 Å². The van der Waals surface area contributed by atoms with Gasteiger partial charge in [0, 0.05) is 6.42 Å². The van der Waals surface area contributed by atoms with Gasteiger partial charge in [-0.2, -0.15) is 0 Å². The Morgan fingerprint density at radius 3 is 2.31 bits per heavy atom. The highest BCUT2D eigenvalue weighted by molar-refractivity contribution is 5.33. The fourth-order valence-electron chi connectivity index (χ4n) is 1.78. The predicted octanol–water partition coefficient (Wildman–Crippen LogP) is 0.518. The predicted molar refractivity (Wildman–Crippen MR) is 47.0 cm³/mol. The summed E-state index contributed by atoms with van der Waals surface area (Å²) < 4.78 is 0. The lowest BCUT2D eigenvalue weighted by molar-refractivity contribution is -0.0287. The van der Waals surface area contributed by atoms with Crippen LogP contribution < -0.4 is 0 Å². The maximum Gasteiger partial charge on any atom is 0.105 e. The zero-order chi connectivity index (χ0) is 9.42. The van der Waals surface area contributed by atoms with Crippen LogP contribution in [0, 0.1) is 0 Å². The molecule has 3 N–H and O–H groups in total. The highest BCUT2D eigenvalue weighted by Gasteiger charge is 2.30. The van der Waals surface area contributed by atoms with Gasteiger partial charge in [0.2, 0.25) is 0 Å². The zero-order valence-corrected chi connectivity index (χ0v) is 7.09. The summed E-state index contributed by atoms with van der Waals surface area (Å²) in [4.78, 5) is 0. The van der Waals surface area contributed by atoms with Gasteiger partial charge in [-0.3, -0.25) is 0 Å². The quantitative estimate of drug-likeness (QED) is 0.545. The molecule has 1 aromatic carbocycles. The highest BCUT2D eigenvalue weighted by atomic mass is 16.3. The molecule has 0 saturated carbocycles. The van der Waals surface area contributed by atoms with Gasteiger partial charge < -0.3 is 15.3 Å². The normalized spacial score (nSPS) is 32.7. The molecule has 3 nitrogen and oxygen atoms in total. The summed E-state index contributed by atoms with van der Waals surface area (Å²) >= 11 is 0. The molecule has 0 spiro atoms. The zero-order valence-electron chi connectivity index (χ0n) is 7.09. The molecule has 1 aromatic rings. The van der Waals surface area contributed by atoms with Crippen LogP contribution in [-0.2, 0) is 0 Å². The molecule has 70 valence electrons. The molecular formula is C10H12O3. The summed E-state index contributed by atoms with van der Waals surface area (Å²) in [7, 11) is 0. The van der Waals surface area contributed by atoms with E-state index >= 15 is 0 Å². The summed E-state index contributed by atoms with van der Waals surface area (Å²) in [5, 5.41) is 28.5. The largest absolute Gasteiger partial charge is 0.390 e. The van der Waals surface area contributed by atoms with Gasteiger partial charge in [0.1, 0.15) is 6.10 Å². The monoisotopic (exact) mass is 180 g/mol. The standard InChI is InChI=1S/C10H12O3/c11-8-5-9(12)10(13)7-4-2-1-3-6(7)8/h1-4,8-13H,5H2/t8-,9-,10+/m1/s1. The first-order valence-electron chi connectivity index (χ1n) is 4.33. The molecule has 0 unspecified atom stereocenters. The molecule has 0 aromatic heterocycles. The Morgan fingerprint density at radius 2 is 1.62 bits per heavy atom. The summed E-state index contributed by atoms with van der Waals surface area (Å²) in [5.74, 6) is 0. The Kier molecular flexibility index (Phi) is 2.07. The van der Waals surface area contributed by atoms with Crippen molar-refractivity contribution in [1.29, 1.82) is 0 Å². The maximum absolute atomic E-state index is 9.59. The molecule has 13 heavy (non-hydrogen) atoms. The Bertz CT molecular complexity index is 311. The second-order valence-corrected chi connectivity index (χ2v) is 3.39. The molecule has 0 amide bonds. The molecule has 0 radical (unpaired) electrons. The average molecular weight is 180 g/mol. The van der Waals surface area contributed by atoms with Crippen LogP contribution in [-0.4, -0.2) is 21.4 Å². The van der Waals surface area contributed by atoms with Crippen molar-refractivity contribution in [2.24, 2.45) is 0 Å². The number of aliphatic hydroxyl groups excluding tert-OH is 3. The number of fused-ring (bicyclic) bond motifs is 1. The van der Waals surface area contributed by atoms with Gasteiger partial charge in [-0.25, -0.2) is 0 Å². The smallest absolute Gasteiger partial charge is 0.105 e. The van der Waals surface area contributed by atoms with Crippen molar-refractivity contribution < 1.29 is 15.3 Å². The Balaban J connectivity index is 2.47. The third-order valence-electron chi connectivity index (χ3n) is 2.50. The number of hydrogen-bond acceptors (Lipinski definition) is 3. The number of rotatable bonds is 0. The van der Waals surface area contributed by atoms with Crippen LogP contribution in [0.2, 0.25) is 0 Å². The maximum atomic E-state index is 9.59. The minimum absolute atomic E-state index is 0.207. The van der Waals surface area contributed by atoms with Crippen molar-refractivity contribution in [3.8, 4) is 0 Å². The van der Waals surface area contributed by atoms with E-state index in [0.717, 1.165) is 5.56 Å². The van der Waals surface area contributed by atoms with E-state index in [2.05, 4.69) is 0 Å². The number of hydrogen-bond donors (Lipinski definition) is 3. The lowest BCUT2D eigenvalue weighted by Crippen LogP contribution is -2.27. The van der Waals surface area contributed by atoms with Crippen molar-refractivity contribution in [2.75, 3.05) is 0 Å².